The largest absolute Gasteiger partial charge is 0.480 e. The maximum atomic E-state index is 13.7. The van der Waals surface area contributed by atoms with E-state index in [1.165, 1.54) is 0 Å². The van der Waals surface area contributed by atoms with Gasteiger partial charge in [-0.3, -0.25) is 19.5 Å². The van der Waals surface area contributed by atoms with Crippen molar-refractivity contribution in [2.45, 2.75) is 44.8 Å². The van der Waals surface area contributed by atoms with Crippen LogP contribution >= 0.6 is 0 Å². The zero-order valence-electron chi connectivity index (χ0n) is 24.6. The van der Waals surface area contributed by atoms with Gasteiger partial charge in [0.05, 0.1) is 24.0 Å². The van der Waals surface area contributed by atoms with Crippen LogP contribution in [0.5, 0.6) is 0 Å². The Morgan fingerprint density at radius 2 is 1.66 bits per heavy atom. The van der Waals surface area contributed by atoms with E-state index in [1.807, 2.05) is 60.7 Å². The fourth-order valence-corrected chi connectivity index (χ4v) is 5.72. The van der Waals surface area contributed by atoms with Crippen LogP contribution in [0.25, 0.3) is 0 Å². The van der Waals surface area contributed by atoms with Crippen LogP contribution in [0.4, 0.5) is 10.5 Å². The van der Waals surface area contributed by atoms with Crippen LogP contribution in [0.3, 0.4) is 0 Å². The number of carboxylic acid groups (broad SMARTS) is 1. The number of imide groups is 1. The molecule has 0 bridgehead atoms. The van der Waals surface area contributed by atoms with E-state index in [4.69, 9.17) is 9.73 Å². The summed E-state index contributed by atoms with van der Waals surface area (Å²) in [6.07, 6.45) is 0.721. The van der Waals surface area contributed by atoms with Crippen molar-refractivity contribution in [1.82, 2.24) is 9.80 Å². The molecule has 10 heteroatoms. The zero-order chi connectivity index (χ0) is 31.1. The number of para-hydroxylation sites is 1. The molecule has 0 aliphatic carbocycles. The van der Waals surface area contributed by atoms with Gasteiger partial charge in [-0.25, -0.2) is 14.5 Å². The number of ether oxygens (including phenoxy) is 1. The Hall–Kier alpha value is -4.83. The molecule has 0 unspecified atom stereocenters. The van der Waals surface area contributed by atoms with E-state index >= 15 is 0 Å². The minimum absolute atomic E-state index is 0.116. The number of aliphatic carboxylic acids is 1. The lowest BCUT2D eigenvalue weighted by molar-refractivity contribution is -0.140. The van der Waals surface area contributed by atoms with E-state index in [9.17, 15) is 24.3 Å². The second-order valence-corrected chi connectivity index (χ2v) is 11.1. The van der Waals surface area contributed by atoms with E-state index in [1.54, 1.807) is 19.1 Å². The maximum Gasteiger partial charge on any atom is 0.416 e. The molecule has 0 radical (unpaired) electrons. The van der Waals surface area contributed by atoms with Crippen molar-refractivity contribution in [1.29, 1.82) is 0 Å². The Balaban J connectivity index is 1.43. The number of cyclic esters (lactones) is 1. The second kappa shape index (κ2) is 14.1. The van der Waals surface area contributed by atoms with Gasteiger partial charge in [0.2, 0.25) is 11.8 Å². The fraction of sp³-hybridized carbons (Fsp3) is 0.324. The van der Waals surface area contributed by atoms with Crippen molar-refractivity contribution in [3.05, 3.63) is 102 Å². The molecule has 3 amide bonds. The highest BCUT2D eigenvalue weighted by atomic mass is 16.6. The van der Waals surface area contributed by atoms with Crippen LogP contribution < -0.4 is 5.32 Å². The molecule has 2 saturated heterocycles. The third kappa shape index (κ3) is 7.20. The monoisotopic (exact) mass is 596 g/mol. The van der Waals surface area contributed by atoms with Crippen LogP contribution in [-0.2, 0) is 25.7 Å². The van der Waals surface area contributed by atoms with Crippen molar-refractivity contribution in [2.75, 3.05) is 25.0 Å². The molecule has 228 valence electrons. The number of hydrogen-bond donors (Lipinski definition) is 2. The van der Waals surface area contributed by atoms with Gasteiger partial charge in [-0.05, 0) is 36.9 Å². The van der Waals surface area contributed by atoms with Gasteiger partial charge in [0.1, 0.15) is 6.61 Å². The number of anilines is 1. The van der Waals surface area contributed by atoms with Gasteiger partial charge in [-0.1, -0.05) is 85.8 Å². The molecular formula is C34H36N4O6. The van der Waals surface area contributed by atoms with Crippen LogP contribution in [0.15, 0.2) is 89.9 Å². The molecule has 2 heterocycles. The number of aliphatic imine (C=N–C) groups is 1. The molecule has 0 spiro atoms. The zero-order valence-corrected chi connectivity index (χ0v) is 24.6. The summed E-state index contributed by atoms with van der Waals surface area (Å²) in [4.78, 5) is 58.8. The van der Waals surface area contributed by atoms with E-state index in [0.717, 1.165) is 29.8 Å². The number of carbonyl (C=O) groups is 4. The Morgan fingerprint density at radius 1 is 0.977 bits per heavy atom. The van der Waals surface area contributed by atoms with Crippen molar-refractivity contribution in [3.8, 4) is 0 Å². The number of benzene rings is 3. The van der Waals surface area contributed by atoms with Gasteiger partial charge < -0.3 is 15.2 Å². The summed E-state index contributed by atoms with van der Waals surface area (Å²) >= 11 is 0. The van der Waals surface area contributed by atoms with Gasteiger partial charge in [0.25, 0.3) is 0 Å². The summed E-state index contributed by atoms with van der Waals surface area (Å²) in [6.45, 7) is 3.36. The lowest BCUT2D eigenvalue weighted by Gasteiger charge is -2.25. The summed E-state index contributed by atoms with van der Waals surface area (Å²) in [5, 5.41) is 13.3. The molecule has 3 atom stereocenters. The number of nitrogens with zero attached hydrogens (tertiary/aromatic N) is 3. The highest BCUT2D eigenvalue weighted by molar-refractivity contribution is 6.17. The first kappa shape index (κ1) is 30.6. The number of nitrogens with one attached hydrogen (secondary N) is 1. The van der Waals surface area contributed by atoms with Gasteiger partial charge in [0, 0.05) is 24.1 Å². The first-order valence-corrected chi connectivity index (χ1v) is 14.8. The minimum atomic E-state index is -1.30. The van der Waals surface area contributed by atoms with E-state index in [-0.39, 0.29) is 31.5 Å². The number of amides is 3. The first-order valence-electron chi connectivity index (χ1n) is 14.8. The molecule has 0 saturated carbocycles. The molecule has 2 fully saturated rings. The average Bonchev–Trinajstić information content (AvgIpc) is 3.67. The van der Waals surface area contributed by atoms with Crippen LogP contribution in [0, 0.1) is 5.92 Å². The Kier molecular flexibility index (Phi) is 9.81. The van der Waals surface area contributed by atoms with Crippen molar-refractivity contribution < 1.29 is 29.0 Å². The molecule has 2 N–H and O–H groups in total. The highest BCUT2D eigenvalue weighted by Gasteiger charge is 2.34. The molecular weight excluding hydrogens is 560 g/mol. The topological polar surface area (TPSA) is 129 Å². The Morgan fingerprint density at radius 3 is 2.34 bits per heavy atom. The van der Waals surface area contributed by atoms with Crippen LogP contribution in [0.1, 0.15) is 42.9 Å². The number of likely N-dealkylation sites (tertiary alicyclic amines) is 1. The smallest absolute Gasteiger partial charge is 0.416 e. The predicted octanol–water partition coefficient (Wildman–Crippen LogP) is 4.59. The fourth-order valence-electron chi connectivity index (χ4n) is 5.72. The van der Waals surface area contributed by atoms with Crippen LogP contribution in [0.2, 0.25) is 0 Å². The maximum absolute atomic E-state index is 13.7. The molecule has 5 rings (SSSR count). The summed E-state index contributed by atoms with van der Waals surface area (Å²) in [7, 11) is 0. The lowest BCUT2D eigenvalue weighted by Crippen LogP contribution is -2.39. The van der Waals surface area contributed by atoms with E-state index < -0.39 is 29.9 Å². The molecule has 44 heavy (non-hydrogen) atoms. The third-order valence-electron chi connectivity index (χ3n) is 8.00. The van der Waals surface area contributed by atoms with Crippen molar-refractivity contribution >= 4 is 35.3 Å². The summed E-state index contributed by atoms with van der Waals surface area (Å²) in [5.41, 5.74) is 3.25. The SMILES string of the molecule is C[C@@H](CC(=O)N1CCOC1=O)[C@H](N=C(c1ccccc1)c1ccccc1NC(=O)[C@@H]1CCCN1Cc1ccccc1)C(=O)O. The van der Waals surface area contributed by atoms with Gasteiger partial charge in [-0.15, -0.1) is 0 Å². The first-order chi connectivity index (χ1) is 21.3. The molecule has 0 aromatic heterocycles. The minimum Gasteiger partial charge on any atom is -0.480 e. The predicted molar refractivity (Wildman–Crippen MR) is 165 cm³/mol. The molecule has 2 aliphatic rings. The van der Waals surface area contributed by atoms with Gasteiger partial charge in [0.15, 0.2) is 6.04 Å². The lowest BCUT2D eigenvalue weighted by atomic mass is 9.95. The van der Waals surface area contributed by atoms with Gasteiger partial charge >= 0.3 is 12.1 Å². The molecule has 3 aromatic rings. The average molecular weight is 597 g/mol. The Bertz CT molecular complexity index is 1530. The van der Waals surface area contributed by atoms with E-state index in [2.05, 4.69) is 22.3 Å². The number of rotatable bonds is 11. The number of carbonyl (C=O) groups excluding carboxylic acids is 3. The van der Waals surface area contributed by atoms with Crippen LogP contribution in [-0.4, -0.2) is 76.3 Å². The molecule has 2 aliphatic heterocycles. The summed E-state index contributed by atoms with van der Waals surface area (Å²) in [5.74, 6) is -2.58. The molecule has 10 nitrogen and oxygen atoms in total. The number of carboxylic acids is 1. The van der Waals surface area contributed by atoms with Gasteiger partial charge in [-0.2, -0.15) is 0 Å². The third-order valence-corrected chi connectivity index (χ3v) is 8.00. The Labute approximate surface area is 256 Å². The summed E-state index contributed by atoms with van der Waals surface area (Å²) < 4.78 is 4.86. The second-order valence-electron chi connectivity index (χ2n) is 11.1. The normalized spacial score (nSPS) is 18.5. The standard InChI is InChI=1S/C34H36N4O6/c1-23(21-29(39)38-19-20-44-34(38)43)30(33(41)42)36-31(25-13-6-3-7-14-25)26-15-8-9-16-27(26)35-32(40)28-17-10-18-37(28)22-24-11-4-2-5-12-24/h2-9,11-16,23,28,30H,10,17-22H2,1H3,(H,35,40)(H,41,42)/t23-,28-,30-/m0/s1. The molecule has 3 aromatic carbocycles. The van der Waals surface area contributed by atoms with Crippen molar-refractivity contribution in [2.24, 2.45) is 10.9 Å². The summed E-state index contributed by atoms with van der Waals surface area (Å²) in [6, 6.07) is 24.8. The number of hydrogen-bond acceptors (Lipinski definition) is 7. The van der Waals surface area contributed by atoms with E-state index in [0.29, 0.717) is 29.1 Å². The highest BCUT2D eigenvalue weighted by Crippen LogP contribution is 2.26. The van der Waals surface area contributed by atoms with Crippen molar-refractivity contribution in [3.63, 3.8) is 0 Å². The quantitative estimate of drug-likeness (QED) is 0.310.